The Morgan fingerprint density at radius 2 is 2.21 bits per heavy atom. The molecule has 150 valence electrons. The predicted molar refractivity (Wildman–Crippen MR) is 108 cm³/mol. The van der Waals surface area contributed by atoms with Crippen molar-refractivity contribution in [1.82, 2.24) is 15.2 Å². The summed E-state index contributed by atoms with van der Waals surface area (Å²) in [6.07, 6.45) is 6.94. The number of benzene rings is 1. The van der Waals surface area contributed by atoms with Crippen LogP contribution in [0.15, 0.2) is 30.5 Å². The Bertz CT molecular complexity index is 862. The van der Waals surface area contributed by atoms with Gasteiger partial charge < -0.3 is 19.9 Å². The van der Waals surface area contributed by atoms with Crippen LogP contribution in [0.25, 0.3) is 10.9 Å². The molecule has 2 N–H and O–H groups in total. The molecule has 0 spiro atoms. The molecule has 1 saturated carbocycles. The third-order valence-electron chi connectivity index (χ3n) is 6.59. The van der Waals surface area contributed by atoms with Gasteiger partial charge in [0.05, 0.1) is 13.0 Å². The fraction of sp³-hybridized carbons (Fsp3) is 0.545. The number of para-hydroxylation sites is 1. The zero-order valence-corrected chi connectivity index (χ0v) is 16.5. The van der Waals surface area contributed by atoms with Gasteiger partial charge in [0.15, 0.2) is 0 Å². The van der Waals surface area contributed by atoms with Crippen molar-refractivity contribution in [2.24, 2.45) is 5.41 Å². The number of piperidine rings is 1. The maximum absolute atomic E-state index is 12.7. The molecule has 0 bridgehead atoms. The van der Waals surface area contributed by atoms with E-state index in [2.05, 4.69) is 10.3 Å². The van der Waals surface area contributed by atoms with Gasteiger partial charge in [0.25, 0.3) is 0 Å². The van der Waals surface area contributed by atoms with Gasteiger partial charge in [-0.05, 0) is 30.9 Å². The van der Waals surface area contributed by atoms with Crippen LogP contribution in [-0.4, -0.2) is 54.5 Å². The standard InChI is InChI=1S/C22H29N3O3/c1-28-12-11-25-19-7-4-9-22(19,10-8-21(25)27)15-24-20(26)13-16-14-23-18-6-3-2-5-17(16)18/h2-3,5-6,14,19,23H,4,7-13,15H2,1H3,(H,24,26)/t19-,22+/m1/s1. The van der Waals surface area contributed by atoms with Crippen LogP contribution in [0.3, 0.4) is 0 Å². The van der Waals surface area contributed by atoms with Crippen molar-refractivity contribution in [2.45, 2.75) is 44.6 Å². The van der Waals surface area contributed by atoms with E-state index in [1.165, 1.54) is 0 Å². The van der Waals surface area contributed by atoms with Gasteiger partial charge in [-0.2, -0.15) is 0 Å². The van der Waals surface area contributed by atoms with Crippen molar-refractivity contribution in [3.8, 4) is 0 Å². The molecule has 1 aromatic heterocycles. The first kappa shape index (κ1) is 19.0. The largest absolute Gasteiger partial charge is 0.383 e. The second kappa shape index (κ2) is 7.95. The average Bonchev–Trinajstić information content (AvgIpc) is 3.31. The highest BCUT2D eigenvalue weighted by atomic mass is 16.5. The minimum atomic E-state index is 0.0114. The molecule has 2 heterocycles. The number of nitrogens with zero attached hydrogens (tertiary/aromatic N) is 1. The molecule has 2 aromatic rings. The molecule has 1 aromatic carbocycles. The highest BCUT2D eigenvalue weighted by Gasteiger charge is 2.50. The molecule has 2 aliphatic rings. The van der Waals surface area contributed by atoms with Crippen LogP contribution in [0.5, 0.6) is 0 Å². The lowest BCUT2D eigenvalue weighted by Crippen LogP contribution is -2.56. The number of aromatic nitrogens is 1. The van der Waals surface area contributed by atoms with E-state index in [0.29, 0.717) is 32.5 Å². The highest BCUT2D eigenvalue weighted by Crippen LogP contribution is 2.47. The third kappa shape index (κ3) is 3.53. The molecular weight excluding hydrogens is 354 g/mol. The predicted octanol–water partition coefficient (Wildman–Crippen LogP) is 2.63. The number of carbonyl (C=O) groups excluding carboxylic acids is 2. The Hall–Kier alpha value is -2.34. The lowest BCUT2D eigenvalue weighted by Gasteiger charge is -2.46. The fourth-order valence-corrected chi connectivity index (χ4v) is 5.12. The molecule has 0 unspecified atom stereocenters. The van der Waals surface area contributed by atoms with E-state index in [1.54, 1.807) is 7.11 Å². The number of aromatic amines is 1. The Morgan fingerprint density at radius 3 is 3.07 bits per heavy atom. The van der Waals surface area contributed by atoms with Crippen molar-refractivity contribution in [3.05, 3.63) is 36.0 Å². The summed E-state index contributed by atoms with van der Waals surface area (Å²) < 4.78 is 5.20. The highest BCUT2D eigenvalue weighted by molar-refractivity contribution is 5.88. The molecule has 6 heteroatoms. The molecular formula is C22H29N3O3. The molecule has 28 heavy (non-hydrogen) atoms. The van der Waals surface area contributed by atoms with Gasteiger partial charge in [-0.25, -0.2) is 0 Å². The zero-order valence-electron chi connectivity index (χ0n) is 16.5. The van der Waals surface area contributed by atoms with Gasteiger partial charge in [-0.1, -0.05) is 24.6 Å². The van der Waals surface area contributed by atoms with Crippen LogP contribution in [0.1, 0.15) is 37.7 Å². The topological polar surface area (TPSA) is 74.4 Å². The maximum atomic E-state index is 12.7. The summed E-state index contributed by atoms with van der Waals surface area (Å²) in [5.74, 6) is 0.273. The lowest BCUT2D eigenvalue weighted by atomic mass is 9.74. The van der Waals surface area contributed by atoms with Crippen molar-refractivity contribution < 1.29 is 14.3 Å². The van der Waals surface area contributed by atoms with Gasteiger partial charge in [0.1, 0.15) is 0 Å². The van der Waals surface area contributed by atoms with E-state index in [-0.39, 0.29) is 23.3 Å². The van der Waals surface area contributed by atoms with E-state index >= 15 is 0 Å². The Morgan fingerprint density at radius 1 is 1.36 bits per heavy atom. The molecule has 6 nitrogen and oxygen atoms in total. The lowest BCUT2D eigenvalue weighted by molar-refractivity contribution is -0.142. The minimum absolute atomic E-state index is 0.0114. The summed E-state index contributed by atoms with van der Waals surface area (Å²) >= 11 is 0. The number of likely N-dealkylation sites (tertiary alicyclic amines) is 1. The number of carbonyl (C=O) groups is 2. The number of H-pyrrole nitrogens is 1. The van der Waals surface area contributed by atoms with Gasteiger partial charge in [0, 0.05) is 55.2 Å². The monoisotopic (exact) mass is 383 g/mol. The number of hydrogen-bond donors (Lipinski definition) is 2. The summed E-state index contributed by atoms with van der Waals surface area (Å²) in [6, 6.07) is 8.26. The fourth-order valence-electron chi connectivity index (χ4n) is 5.12. The second-order valence-corrected chi connectivity index (χ2v) is 8.16. The second-order valence-electron chi connectivity index (χ2n) is 8.16. The van der Waals surface area contributed by atoms with Gasteiger partial charge >= 0.3 is 0 Å². The number of rotatable bonds is 7. The summed E-state index contributed by atoms with van der Waals surface area (Å²) in [4.78, 5) is 30.3. The molecule has 1 saturated heterocycles. The van der Waals surface area contributed by atoms with Crippen molar-refractivity contribution in [2.75, 3.05) is 26.8 Å². The number of fused-ring (bicyclic) bond motifs is 2. The van der Waals surface area contributed by atoms with E-state index in [1.807, 2.05) is 35.4 Å². The summed E-state index contributed by atoms with van der Waals surface area (Å²) in [5, 5.41) is 4.29. The van der Waals surface area contributed by atoms with E-state index in [9.17, 15) is 9.59 Å². The number of amides is 2. The van der Waals surface area contributed by atoms with Crippen LogP contribution in [0, 0.1) is 5.41 Å². The number of ether oxygens (including phenoxy) is 1. The van der Waals surface area contributed by atoms with Crippen LogP contribution >= 0.6 is 0 Å². The van der Waals surface area contributed by atoms with Crippen LogP contribution in [0.4, 0.5) is 0 Å². The maximum Gasteiger partial charge on any atom is 0.224 e. The van der Waals surface area contributed by atoms with Crippen molar-refractivity contribution in [3.63, 3.8) is 0 Å². The molecule has 2 fully saturated rings. The number of hydrogen-bond acceptors (Lipinski definition) is 3. The van der Waals surface area contributed by atoms with Crippen molar-refractivity contribution in [1.29, 1.82) is 0 Å². The zero-order chi connectivity index (χ0) is 19.6. The SMILES string of the molecule is COCCN1C(=O)CC[C@]2(CNC(=O)Cc3c[nH]c4ccccc34)CCC[C@@H]12. The molecule has 1 aliphatic carbocycles. The smallest absolute Gasteiger partial charge is 0.224 e. The van der Waals surface area contributed by atoms with Crippen molar-refractivity contribution >= 4 is 22.7 Å². The van der Waals surface area contributed by atoms with Gasteiger partial charge in [-0.15, -0.1) is 0 Å². The van der Waals surface area contributed by atoms with Crippen LogP contribution < -0.4 is 5.32 Å². The average molecular weight is 383 g/mol. The van der Waals surface area contributed by atoms with E-state index in [0.717, 1.165) is 42.1 Å². The minimum Gasteiger partial charge on any atom is -0.383 e. The summed E-state index contributed by atoms with van der Waals surface area (Å²) in [5.41, 5.74) is 2.09. The van der Waals surface area contributed by atoms with E-state index in [4.69, 9.17) is 4.74 Å². The summed E-state index contributed by atoms with van der Waals surface area (Å²) in [7, 11) is 1.67. The molecule has 1 aliphatic heterocycles. The Kier molecular flexibility index (Phi) is 5.40. The molecule has 4 rings (SSSR count). The third-order valence-corrected chi connectivity index (χ3v) is 6.59. The molecule has 2 amide bonds. The van der Waals surface area contributed by atoms with E-state index < -0.39 is 0 Å². The van der Waals surface area contributed by atoms with Crippen LogP contribution in [0.2, 0.25) is 0 Å². The first-order valence-corrected chi connectivity index (χ1v) is 10.2. The quantitative estimate of drug-likeness (QED) is 0.772. The summed E-state index contributed by atoms with van der Waals surface area (Å²) in [6.45, 7) is 1.85. The van der Waals surface area contributed by atoms with Gasteiger partial charge in [0.2, 0.25) is 11.8 Å². The molecule has 0 radical (unpaired) electrons. The van der Waals surface area contributed by atoms with Gasteiger partial charge in [-0.3, -0.25) is 9.59 Å². The number of nitrogens with one attached hydrogen (secondary N) is 2. The Balaban J connectivity index is 1.41. The molecule has 2 atom stereocenters. The Labute approximate surface area is 165 Å². The first-order valence-electron chi connectivity index (χ1n) is 10.2. The van der Waals surface area contributed by atoms with Crippen LogP contribution in [-0.2, 0) is 20.7 Å². The first-order chi connectivity index (χ1) is 13.6. The number of methoxy groups -OCH3 is 1. The normalized spacial score (nSPS) is 24.5.